The van der Waals surface area contributed by atoms with E-state index in [0.717, 1.165) is 11.3 Å². The van der Waals surface area contributed by atoms with Crippen LogP contribution in [0.1, 0.15) is 0 Å². The lowest BCUT2D eigenvalue weighted by molar-refractivity contribution is 1.14. The number of hydrogen-bond acceptors (Lipinski definition) is 3. The standard InChI is InChI=1S/C13H9N3O/c17-13-10-6-7-11(9-4-2-1-3-5-9)16-12(10)14-8-15-13/h1-8H,(H,14,15,16,17). The molecule has 0 atom stereocenters. The molecule has 1 N–H and O–H groups in total. The molecule has 0 bridgehead atoms. The highest BCUT2D eigenvalue weighted by molar-refractivity contribution is 5.76. The van der Waals surface area contributed by atoms with E-state index in [2.05, 4.69) is 15.0 Å². The van der Waals surface area contributed by atoms with Crippen LogP contribution in [0.15, 0.2) is 53.6 Å². The Morgan fingerprint density at radius 1 is 1.00 bits per heavy atom. The minimum Gasteiger partial charge on any atom is -0.313 e. The Bertz CT molecular complexity index is 719. The molecule has 82 valence electrons. The molecule has 0 amide bonds. The molecule has 0 aliphatic carbocycles. The van der Waals surface area contributed by atoms with Crippen molar-refractivity contribution in [2.75, 3.05) is 0 Å². The monoisotopic (exact) mass is 223 g/mol. The third-order valence-electron chi connectivity index (χ3n) is 2.57. The van der Waals surface area contributed by atoms with Gasteiger partial charge in [0.1, 0.15) is 0 Å². The third-order valence-corrected chi connectivity index (χ3v) is 2.57. The number of hydrogen-bond donors (Lipinski definition) is 1. The number of rotatable bonds is 1. The predicted molar refractivity (Wildman–Crippen MR) is 65.6 cm³/mol. The van der Waals surface area contributed by atoms with Crippen LogP contribution < -0.4 is 5.56 Å². The first-order valence-electron chi connectivity index (χ1n) is 5.24. The summed E-state index contributed by atoms with van der Waals surface area (Å²) in [7, 11) is 0. The Morgan fingerprint density at radius 2 is 1.82 bits per heavy atom. The van der Waals surface area contributed by atoms with E-state index >= 15 is 0 Å². The molecule has 2 aromatic heterocycles. The average Bonchev–Trinajstić information content (AvgIpc) is 2.40. The first kappa shape index (κ1) is 9.72. The first-order valence-corrected chi connectivity index (χ1v) is 5.24. The lowest BCUT2D eigenvalue weighted by Crippen LogP contribution is -2.07. The van der Waals surface area contributed by atoms with Crippen molar-refractivity contribution in [2.24, 2.45) is 0 Å². The van der Waals surface area contributed by atoms with E-state index in [0.29, 0.717) is 11.0 Å². The molecular weight excluding hydrogens is 214 g/mol. The zero-order valence-electron chi connectivity index (χ0n) is 8.92. The van der Waals surface area contributed by atoms with Crippen LogP contribution in [-0.2, 0) is 0 Å². The summed E-state index contributed by atoms with van der Waals surface area (Å²) in [6.07, 6.45) is 1.37. The van der Waals surface area contributed by atoms with Gasteiger partial charge in [0.05, 0.1) is 17.4 Å². The van der Waals surface area contributed by atoms with Crippen LogP contribution in [0.4, 0.5) is 0 Å². The van der Waals surface area contributed by atoms with Gasteiger partial charge < -0.3 is 4.98 Å². The molecule has 0 aliphatic rings. The topological polar surface area (TPSA) is 58.6 Å². The fourth-order valence-electron chi connectivity index (χ4n) is 1.72. The third kappa shape index (κ3) is 1.69. The SMILES string of the molecule is O=c1[nH]cnc2nc(-c3ccccc3)ccc12. The molecule has 3 aromatic rings. The maximum atomic E-state index is 11.5. The second kappa shape index (κ2) is 3.83. The molecule has 1 aromatic carbocycles. The summed E-state index contributed by atoms with van der Waals surface area (Å²) >= 11 is 0. The van der Waals surface area contributed by atoms with Gasteiger partial charge in [-0.3, -0.25) is 4.79 Å². The number of nitrogens with zero attached hydrogens (tertiary/aromatic N) is 2. The van der Waals surface area contributed by atoms with Gasteiger partial charge in [-0.2, -0.15) is 0 Å². The van der Waals surface area contributed by atoms with E-state index in [1.54, 1.807) is 6.07 Å². The molecule has 0 fully saturated rings. The second-order valence-electron chi connectivity index (χ2n) is 3.67. The number of aromatic amines is 1. The van der Waals surface area contributed by atoms with Crippen LogP contribution in [0.2, 0.25) is 0 Å². The lowest BCUT2D eigenvalue weighted by atomic mass is 10.1. The number of fused-ring (bicyclic) bond motifs is 1. The molecule has 4 heteroatoms. The minimum atomic E-state index is -0.165. The summed E-state index contributed by atoms with van der Waals surface area (Å²) in [6, 6.07) is 13.4. The maximum absolute atomic E-state index is 11.5. The molecule has 0 saturated carbocycles. The lowest BCUT2D eigenvalue weighted by Gasteiger charge is -2.01. The normalized spacial score (nSPS) is 10.6. The molecule has 4 nitrogen and oxygen atoms in total. The predicted octanol–water partition coefficient (Wildman–Crippen LogP) is 1.99. The number of pyridine rings is 1. The number of H-pyrrole nitrogens is 1. The highest BCUT2D eigenvalue weighted by Gasteiger charge is 2.03. The number of aromatic nitrogens is 3. The van der Waals surface area contributed by atoms with Gasteiger partial charge in [0.15, 0.2) is 5.65 Å². The fraction of sp³-hybridized carbons (Fsp3) is 0. The Balaban J connectivity index is 2.25. The summed E-state index contributed by atoms with van der Waals surface area (Å²) in [5, 5.41) is 0.507. The van der Waals surface area contributed by atoms with Crippen LogP contribution in [0.5, 0.6) is 0 Å². The highest BCUT2D eigenvalue weighted by atomic mass is 16.1. The van der Waals surface area contributed by atoms with Crippen molar-refractivity contribution >= 4 is 11.0 Å². The molecule has 0 saturated heterocycles. The maximum Gasteiger partial charge on any atom is 0.260 e. The Hall–Kier alpha value is -2.49. The molecule has 0 spiro atoms. The largest absolute Gasteiger partial charge is 0.313 e. The van der Waals surface area contributed by atoms with Gasteiger partial charge in [0, 0.05) is 5.56 Å². The fourth-order valence-corrected chi connectivity index (χ4v) is 1.72. The van der Waals surface area contributed by atoms with E-state index < -0.39 is 0 Å². The van der Waals surface area contributed by atoms with E-state index in [9.17, 15) is 4.79 Å². The summed E-state index contributed by atoms with van der Waals surface area (Å²) < 4.78 is 0. The van der Waals surface area contributed by atoms with E-state index in [1.807, 2.05) is 36.4 Å². The Labute approximate surface area is 97.0 Å². The van der Waals surface area contributed by atoms with Gasteiger partial charge >= 0.3 is 0 Å². The van der Waals surface area contributed by atoms with Gasteiger partial charge in [-0.15, -0.1) is 0 Å². The van der Waals surface area contributed by atoms with Crippen molar-refractivity contribution in [1.82, 2.24) is 15.0 Å². The van der Waals surface area contributed by atoms with Crippen molar-refractivity contribution in [3.8, 4) is 11.3 Å². The van der Waals surface area contributed by atoms with Gasteiger partial charge in [-0.25, -0.2) is 9.97 Å². The Kier molecular flexibility index (Phi) is 2.19. The van der Waals surface area contributed by atoms with Crippen molar-refractivity contribution < 1.29 is 0 Å². The van der Waals surface area contributed by atoms with Gasteiger partial charge in [-0.1, -0.05) is 30.3 Å². The average molecular weight is 223 g/mol. The molecule has 3 rings (SSSR count). The van der Waals surface area contributed by atoms with Crippen molar-refractivity contribution in [3.05, 3.63) is 59.1 Å². The highest BCUT2D eigenvalue weighted by Crippen LogP contribution is 2.17. The quantitative estimate of drug-likeness (QED) is 0.686. The Morgan fingerprint density at radius 3 is 2.65 bits per heavy atom. The van der Waals surface area contributed by atoms with Crippen LogP contribution >= 0.6 is 0 Å². The zero-order valence-corrected chi connectivity index (χ0v) is 8.92. The van der Waals surface area contributed by atoms with Gasteiger partial charge in [-0.05, 0) is 12.1 Å². The molecule has 0 radical (unpaired) electrons. The van der Waals surface area contributed by atoms with Crippen LogP contribution in [0.3, 0.4) is 0 Å². The molecule has 0 unspecified atom stereocenters. The molecule has 0 aliphatic heterocycles. The van der Waals surface area contributed by atoms with Crippen LogP contribution in [0, 0.1) is 0 Å². The summed E-state index contributed by atoms with van der Waals surface area (Å²) in [5.41, 5.74) is 2.13. The molecule has 2 heterocycles. The van der Waals surface area contributed by atoms with E-state index in [4.69, 9.17) is 0 Å². The minimum absolute atomic E-state index is 0.165. The van der Waals surface area contributed by atoms with Gasteiger partial charge in [0.25, 0.3) is 5.56 Å². The number of nitrogens with one attached hydrogen (secondary N) is 1. The zero-order chi connectivity index (χ0) is 11.7. The smallest absolute Gasteiger partial charge is 0.260 e. The van der Waals surface area contributed by atoms with Crippen LogP contribution in [-0.4, -0.2) is 15.0 Å². The molecule has 17 heavy (non-hydrogen) atoms. The summed E-state index contributed by atoms with van der Waals surface area (Å²) in [4.78, 5) is 22.5. The van der Waals surface area contributed by atoms with Crippen LogP contribution in [0.25, 0.3) is 22.3 Å². The summed E-state index contributed by atoms with van der Waals surface area (Å²) in [6.45, 7) is 0. The van der Waals surface area contributed by atoms with Gasteiger partial charge in [0.2, 0.25) is 0 Å². The van der Waals surface area contributed by atoms with Crippen molar-refractivity contribution in [3.63, 3.8) is 0 Å². The molecular formula is C13H9N3O. The number of benzene rings is 1. The van der Waals surface area contributed by atoms with Crippen molar-refractivity contribution in [1.29, 1.82) is 0 Å². The van der Waals surface area contributed by atoms with Crippen molar-refractivity contribution in [2.45, 2.75) is 0 Å². The summed E-state index contributed by atoms with van der Waals surface area (Å²) in [5.74, 6) is 0. The van der Waals surface area contributed by atoms with E-state index in [-0.39, 0.29) is 5.56 Å². The second-order valence-corrected chi connectivity index (χ2v) is 3.67. The first-order chi connectivity index (χ1) is 8.34. The van der Waals surface area contributed by atoms with E-state index in [1.165, 1.54) is 6.33 Å².